The van der Waals surface area contributed by atoms with E-state index in [1.165, 1.54) is 29.0 Å². The number of aromatic hydroxyl groups is 1. The van der Waals surface area contributed by atoms with Crippen molar-refractivity contribution in [3.63, 3.8) is 0 Å². The predicted molar refractivity (Wildman–Crippen MR) is 78.1 cm³/mol. The van der Waals surface area contributed by atoms with Crippen molar-refractivity contribution in [2.24, 2.45) is 5.73 Å². The van der Waals surface area contributed by atoms with E-state index in [1.54, 1.807) is 12.1 Å². The van der Waals surface area contributed by atoms with Crippen LogP contribution in [0.25, 0.3) is 5.76 Å². The van der Waals surface area contributed by atoms with Gasteiger partial charge in [-0.05, 0) is 23.8 Å². The lowest BCUT2D eigenvalue weighted by Crippen LogP contribution is -2.30. The van der Waals surface area contributed by atoms with Gasteiger partial charge in [0, 0.05) is 11.8 Å². The molecule has 0 aliphatic heterocycles. The number of primary amides is 1. The molecule has 21 heavy (non-hydrogen) atoms. The summed E-state index contributed by atoms with van der Waals surface area (Å²) in [5.74, 6) is -1.09. The molecule has 0 unspecified atom stereocenters. The fraction of sp³-hybridized carbons (Fsp3) is 0.0667. The lowest BCUT2D eigenvalue weighted by molar-refractivity contribution is 0.0998. The highest BCUT2D eigenvalue weighted by molar-refractivity contribution is 5.93. The molecule has 6 heteroatoms. The molecule has 0 saturated heterocycles. The largest absolute Gasteiger partial charge is 0.508 e. The lowest BCUT2D eigenvalue weighted by atomic mass is 10.1. The van der Waals surface area contributed by atoms with E-state index in [2.05, 4.69) is 6.58 Å². The zero-order chi connectivity index (χ0) is 15.6. The number of carbonyl (C=O) groups is 1. The number of amides is 1. The third kappa shape index (κ3) is 3.11. The molecule has 0 aliphatic rings. The highest BCUT2D eigenvalue weighted by Crippen LogP contribution is 2.13. The Morgan fingerprint density at radius 2 is 2.05 bits per heavy atom. The molecule has 0 spiro atoms. The molecule has 6 nitrogen and oxygen atoms in total. The highest BCUT2D eigenvalue weighted by atomic mass is 16.3. The summed E-state index contributed by atoms with van der Waals surface area (Å²) in [4.78, 5) is 23.5. The third-order valence-corrected chi connectivity index (χ3v) is 2.95. The molecule has 1 heterocycles. The van der Waals surface area contributed by atoms with Gasteiger partial charge in [0.2, 0.25) is 0 Å². The quantitative estimate of drug-likeness (QED) is 0.735. The molecule has 0 saturated carbocycles. The third-order valence-electron chi connectivity index (χ3n) is 2.95. The molecule has 4 N–H and O–H groups in total. The number of phenols is 1. The Morgan fingerprint density at radius 1 is 1.33 bits per heavy atom. The van der Waals surface area contributed by atoms with Gasteiger partial charge in [-0.15, -0.1) is 0 Å². The van der Waals surface area contributed by atoms with Gasteiger partial charge in [0.05, 0.1) is 6.54 Å². The Hall–Kier alpha value is -3.02. The summed E-state index contributed by atoms with van der Waals surface area (Å²) < 4.78 is 1.23. The summed E-state index contributed by atoms with van der Waals surface area (Å²) in [6, 6.07) is 7.56. The molecular formula is C15H14N2O4. The molecule has 1 amide bonds. The predicted octanol–water partition coefficient (Wildman–Crippen LogP) is 1.23. The van der Waals surface area contributed by atoms with Gasteiger partial charge >= 0.3 is 0 Å². The van der Waals surface area contributed by atoms with Crippen LogP contribution in [0.2, 0.25) is 0 Å². The molecule has 1 aromatic heterocycles. The van der Waals surface area contributed by atoms with Crippen LogP contribution in [0.5, 0.6) is 5.75 Å². The van der Waals surface area contributed by atoms with Crippen LogP contribution in [0.3, 0.4) is 0 Å². The summed E-state index contributed by atoms with van der Waals surface area (Å²) in [7, 11) is 0. The first kappa shape index (κ1) is 14.4. The summed E-state index contributed by atoms with van der Waals surface area (Å²) in [5.41, 5.74) is 5.25. The van der Waals surface area contributed by atoms with Gasteiger partial charge in [0.15, 0.2) is 0 Å². The summed E-state index contributed by atoms with van der Waals surface area (Å²) in [6.07, 6.45) is 1.38. The van der Waals surface area contributed by atoms with Crippen molar-refractivity contribution < 1.29 is 15.0 Å². The van der Waals surface area contributed by atoms with E-state index < -0.39 is 11.5 Å². The molecular weight excluding hydrogens is 272 g/mol. The number of pyridine rings is 1. The minimum absolute atomic E-state index is 0.0680. The van der Waals surface area contributed by atoms with Crippen LogP contribution in [0.15, 0.2) is 47.9 Å². The highest BCUT2D eigenvalue weighted by Gasteiger charge is 2.13. The minimum Gasteiger partial charge on any atom is -0.508 e. The van der Waals surface area contributed by atoms with E-state index in [0.29, 0.717) is 5.56 Å². The van der Waals surface area contributed by atoms with Gasteiger partial charge in [0.25, 0.3) is 11.5 Å². The molecule has 1 aromatic carbocycles. The van der Waals surface area contributed by atoms with Crippen LogP contribution < -0.4 is 11.3 Å². The average Bonchev–Trinajstić information content (AvgIpc) is 2.40. The van der Waals surface area contributed by atoms with Crippen LogP contribution in [0.4, 0.5) is 0 Å². The average molecular weight is 286 g/mol. The molecule has 2 aromatic rings. The van der Waals surface area contributed by atoms with Gasteiger partial charge in [-0.3, -0.25) is 9.59 Å². The van der Waals surface area contributed by atoms with E-state index in [1.807, 2.05) is 0 Å². The van der Waals surface area contributed by atoms with E-state index in [-0.39, 0.29) is 29.2 Å². The Labute approximate surface area is 120 Å². The van der Waals surface area contributed by atoms with Crippen molar-refractivity contribution in [3.05, 3.63) is 70.2 Å². The lowest BCUT2D eigenvalue weighted by Gasteiger charge is -2.10. The van der Waals surface area contributed by atoms with Gasteiger partial charge in [-0.25, -0.2) is 0 Å². The molecule has 0 radical (unpaired) electrons. The van der Waals surface area contributed by atoms with Crippen molar-refractivity contribution in [2.75, 3.05) is 0 Å². The summed E-state index contributed by atoms with van der Waals surface area (Å²) in [5, 5.41) is 18.9. The second-order valence-electron chi connectivity index (χ2n) is 4.56. The second kappa shape index (κ2) is 5.54. The van der Waals surface area contributed by atoms with Crippen LogP contribution in [-0.4, -0.2) is 20.7 Å². The number of hydrogen-bond acceptors (Lipinski definition) is 4. The van der Waals surface area contributed by atoms with E-state index >= 15 is 0 Å². The van der Waals surface area contributed by atoms with Crippen LogP contribution in [0, 0.1) is 0 Å². The number of benzene rings is 1. The van der Waals surface area contributed by atoms with Gasteiger partial charge in [-0.2, -0.15) is 0 Å². The van der Waals surface area contributed by atoms with Crippen LogP contribution in [-0.2, 0) is 6.54 Å². The summed E-state index contributed by atoms with van der Waals surface area (Å²) >= 11 is 0. The van der Waals surface area contributed by atoms with E-state index in [4.69, 9.17) is 5.73 Å². The minimum atomic E-state index is -0.882. The Balaban J connectivity index is 2.54. The number of aliphatic hydroxyl groups is 1. The first-order valence-electron chi connectivity index (χ1n) is 6.09. The fourth-order valence-corrected chi connectivity index (χ4v) is 1.94. The molecule has 0 fully saturated rings. The number of aromatic nitrogens is 1. The normalized spacial score (nSPS) is 10.3. The topological polar surface area (TPSA) is 106 Å². The van der Waals surface area contributed by atoms with Gasteiger partial charge in [-0.1, -0.05) is 18.7 Å². The zero-order valence-electron chi connectivity index (χ0n) is 11.1. The van der Waals surface area contributed by atoms with Crippen LogP contribution in [0.1, 0.15) is 21.5 Å². The van der Waals surface area contributed by atoms with Crippen molar-refractivity contribution >= 4 is 11.7 Å². The van der Waals surface area contributed by atoms with E-state index in [0.717, 1.165) is 0 Å². The van der Waals surface area contributed by atoms with Crippen LogP contribution >= 0.6 is 0 Å². The summed E-state index contributed by atoms with van der Waals surface area (Å²) in [6.45, 7) is 3.49. The maximum Gasteiger partial charge on any atom is 0.263 e. The maximum atomic E-state index is 12.2. The molecule has 2 rings (SSSR count). The van der Waals surface area contributed by atoms with Crippen molar-refractivity contribution in [2.45, 2.75) is 6.54 Å². The smallest absolute Gasteiger partial charge is 0.263 e. The second-order valence-corrected chi connectivity index (χ2v) is 4.56. The maximum absolute atomic E-state index is 12.2. The number of aliphatic hydroxyl groups excluding tert-OH is 1. The SMILES string of the molecule is C=C(O)c1cc(C(N)=O)c(=O)n(Cc2cccc(O)c2)c1. The van der Waals surface area contributed by atoms with E-state index in [9.17, 15) is 19.8 Å². The molecule has 0 bridgehead atoms. The Morgan fingerprint density at radius 3 is 2.62 bits per heavy atom. The standard InChI is InChI=1S/C15H14N2O4/c1-9(18)11-6-13(14(16)20)15(21)17(8-11)7-10-3-2-4-12(19)5-10/h2-6,8,18-19H,1,7H2,(H2,16,20). The first-order chi connectivity index (χ1) is 9.88. The number of nitrogens with two attached hydrogens (primary N) is 1. The molecule has 108 valence electrons. The number of carbonyl (C=O) groups excluding carboxylic acids is 1. The number of hydrogen-bond donors (Lipinski definition) is 3. The first-order valence-corrected chi connectivity index (χ1v) is 6.09. The van der Waals surface area contributed by atoms with Gasteiger partial charge in [0.1, 0.15) is 17.1 Å². The number of rotatable bonds is 4. The number of phenolic OH excluding ortho intramolecular Hbond substituents is 1. The Bertz CT molecular complexity index is 777. The van der Waals surface area contributed by atoms with Crippen molar-refractivity contribution in [3.8, 4) is 5.75 Å². The number of nitrogens with zero attached hydrogens (tertiary/aromatic N) is 1. The zero-order valence-corrected chi connectivity index (χ0v) is 11.1. The fourth-order valence-electron chi connectivity index (χ4n) is 1.94. The Kier molecular flexibility index (Phi) is 3.80. The molecule has 0 atom stereocenters. The monoisotopic (exact) mass is 286 g/mol. The molecule has 0 aliphatic carbocycles. The van der Waals surface area contributed by atoms with Gasteiger partial charge < -0.3 is 20.5 Å². The van der Waals surface area contributed by atoms with Crippen molar-refractivity contribution in [1.29, 1.82) is 0 Å². The van der Waals surface area contributed by atoms with Crippen molar-refractivity contribution in [1.82, 2.24) is 4.57 Å².